The van der Waals surface area contributed by atoms with Crippen LogP contribution >= 0.6 is 0 Å². The molecule has 1 amide bonds. The monoisotopic (exact) mass is 428 g/mol. The van der Waals surface area contributed by atoms with Gasteiger partial charge in [-0.3, -0.25) is 4.79 Å². The Kier molecular flexibility index (Phi) is 5.84. The van der Waals surface area contributed by atoms with E-state index in [1.54, 1.807) is 11.0 Å². The molecule has 30 heavy (non-hydrogen) atoms. The van der Waals surface area contributed by atoms with Crippen LogP contribution in [0.1, 0.15) is 35.4 Å². The molecule has 2 aromatic rings. The van der Waals surface area contributed by atoms with E-state index in [-0.39, 0.29) is 11.8 Å². The zero-order valence-corrected chi connectivity index (χ0v) is 18.3. The van der Waals surface area contributed by atoms with Gasteiger partial charge in [0.2, 0.25) is 15.9 Å². The molecular weight excluding hydrogens is 400 g/mol. The van der Waals surface area contributed by atoms with Crippen molar-refractivity contribution in [2.75, 3.05) is 32.8 Å². The van der Waals surface area contributed by atoms with Gasteiger partial charge in [0.1, 0.15) is 5.75 Å². The summed E-state index contributed by atoms with van der Waals surface area (Å²) in [5.74, 6) is 1.10. The number of benzene rings is 2. The van der Waals surface area contributed by atoms with Crippen molar-refractivity contribution in [2.45, 2.75) is 37.5 Å². The molecule has 1 fully saturated rings. The summed E-state index contributed by atoms with van der Waals surface area (Å²) < 4.78 is 33.3. The summed E-state index contributed by atoms with van der Waals surface area (Å²) in [5, 5.41) is 0. The molecule has 0 N–H and O–H groups in total. The highest BCUT2D eigenvalue weighted by atomic mass is 32.2. The van der Waals surface area contributed by atoms with E-state index in [4.69, 9.17) is 4.74 Å². The standard InChI is InChI=1S/C23H28N2O4S/c1-17-7-8-22(18(2)15-17)30(27,28)25-12-10-24(11-13-25)23(26)16-19-9-14-29-21-6-4-3-5-20(19)21/h3-8,15,19H,9-14,16H2,1-2H3. The van der Waals surface area contributed by atoms with E-state index in [0.717, 1.165) is 28.9 Å². The Bertz CT molecular complexity index is 1040. The third kappa shape index (κ3) is 4.09. The zero-order chi connectivity index (χ0) is 21.3. The number of fused-ring (bicyclic) bond motifs is 1. The Labute approximate surface area is 178 Å². The second kappa shape index (κ2) is 8.40. The molecule has 1 atom stereocenters. The molecule has 2 aromatic carbocycles. The van der Waals surface area contributed by atoms with E-state index >= 15 is 0 Å². The van der Waals surface area contributed by atoms with Gasteiger partial charge in [-0.05, 0) is 49.4 Å². The van der Waals surface area contributed by atoms with Crippen LogP contribution in [-0.2, 0) is 14.8 Å². The molecule has 0 saturated carbocycles. The van der Waals surface area contributed by atoms with Crippen molar-refractivity contribution in [2.24, 2.45) is 0 Å². The number of hydrogen-bond acceptors (Lipinski definition) is 4. The van der Waals surface area contributed by atoms with Crippen LogP contribution in [-0.4, -0.2) is 56.3 Å². The van der Waals surface area contributed by atoms with Crippen LogP contribution in [0.2, 0.25) is 0 Å². The minimum Gasteiger partial charge on any atom is -0.493 e. The molecule has 0 aliphatic carbocycles. The number of nitrogens with zero attached hydrogens (tertiary/aromatic N) is 2. The molecule has 0 spiro atoms. The maximum Gasteiger partial charge on any atom is 0.243 e. The summed E-state index contributed by atoms with van der Waals surface area (Å²) in [6.07, 6.45) is 1.26. The minimum absolute atomic E-state index is 0.0836. The molecule has 2 heterocycles. The number of carbonyl (C=O) groups excluding carboxylic acids is 1. The molecule has 2 aliphatic rings. The van der Waals surface area contributed by atoms with Crippen LogP contribution < -0.4 is 4.74 Å². The number of sulfonamides is 1. The van der Waals surface area contributed by atoms with Gasteiger partial charge in [-0.1, -0.05) is 35.9 Å². The van der Waals surface area contributed by atoms with Gasteiger partial charge >= 0.3 is 0 Å². The van der Waals surface area contributed by atoms with Gasteiger partial charge in [-0.15, -0.1) is 0 Å². The van der Waals surface area contributed by atoms with E-state index in [2.05, 4.69) is 0 Å². The van der Waals surface area contributed by atoms with Crippen molar-refractivity contribution in [3.63, 3.8) is 0 Å². The molecule has 2 aliphatic heterocycles. The van der Waals surface area contributed by atoms with Crippen LogP contribution in [0.5, 0.6) is 5.75 Å². The van der Waals surface area contributed by atoms with Crippen LogP contribution in [0.15, 0.2) is 47.4 Å². The normalized spacial score (nSPS) is 19.8. The van der Waals surface area contributed by atoms with Gasteiger partial charge < -0.3 is 9.64 Å². The Morgan fingerprint density at radius 1 is 1.07 bits per heavy atom. The Hall–Kier alpha value is -2.38. The predicted molar refractivity (Wildman–Crippen MR) is 115 cm³/mol. The number of hydrogen-bond donors (Lipinski definition) is 0. The first-order valence-corrected chi connectivity index (χ1v) is 11.9. The highest BCUT2D eigenvalue weighted by Crippen LogP contribution is 2.36. The first-order valence-electron chi connectivity index (χ1n) is 10.4. The van der Waals surface area contributed by atoms with Crippen molar-refractivity contribution in [1.29, 1.82) is 0 Å². The number of para-hydroxylation sites is 1. The first kappa shape index (κ1) is 20.9. The molecule has 160 valence electrons. The molecule has 0 aromatic heterocycles. The predicted octanol–water partition coefficient (Wildman–Crippen LogP) is 3.09. The average Bonchev–Trinajstić information content (AvgIpc) is 2.74. The van der Waals surface area contributed by atoms with Gasteiger partial charge in [0.05, 0.1) is 11.5 Å². The van der Waals surface area contributed by atoms with Crippen LogP contribution in [0, 0.1) is 13.8 Å². The van der Waals surface area contributed by atoms with Gasteiger partial charge in [-0.25, -0.2) is 8.42 Å². The van der Waals surface area contributed by atoms with Crippen molar-refractivity contribution < 1.29 is 17.9 Å². The number of carbonyl (C=O) groups is 1. The fraction of sp³-hybridized carbons (Fsp3) is 0.435. The fourth-order valence-electron chi connectivity index (χ4n) is 4.37. The van der Waals surface area contributed by atoms with Gasteiger partial charge in [0.25, 0.3) is 0 Å². The van der Waals surface area contributed by atoms with E-state index in [9.17, 15) is 13.2 Å². The van der Waals surface area contributed by atoms with E-state index < -0.39 is 10.0 Å². The molecule has 0 bridgehead atoms. The van der Waals surface area contributed by atoms with E-state index in [1.807, 2.05) is 50.2 Å². The van der Waals surface area contributed by atoms with E-state index in [0.29, 0.717) is 44.1 Å². The van der Waals surface area contributed by atoms with Crippen molar-refractivity contribution >= 4 is 15.9 Å². The highest BCUT2D eigenvalue weighted by molar-refractivity contribution is 7.89. The lowest BCUT2D eigenvalue weighted by Crippen LogP contribution is -2.50. The number of aryl methyl sites for hydroxylation is 2. The smallest absolute Gasteiger partial charge is 0.243 e. The molecule has 0 radical (unpaired) electrons. The minimum atomic E-state index is -3.55. The molecular formula is C23H28N2O4S. The SMILES string of the molecule is Cc1ccc(S(=O)(=O)N2CCN(C(=O)CC3CCOc4ccccc43)CC2)c(C)c1. The Balaban J connectivity index is 1.39. The first-order chi connectivity index (χ1) is 14.4. The van der Waals surface area contributed by atoms with Crippen molar-refractivity contribution in [3.05, 3.63) is 59.2 Å². The number of piperazine rings is 1. The lowest BCUT2D eigenvalue weighted by atomic mass is 9.90. The molecule has 7 heteroatoms. The van der Waals surface area contributed by atoms with Gasteiger partial charge in [-0.2, -0.15) is 4.31 Å². The van der Waals surface area contributed by atoms with E-state index in [1.165, 1.54) is 4.31 Å². The summed E-state index contributed by atoms with van der Waals surface area (Å²) in [6.45, 7) is 5.89. The topological polar surface area (TPSA) is 66.9 Å². The van der Waals surface area contributed by atoms with Gasteiger partial charge in [0.15, 0.2) is 0 Å². The van der Waals surface area contributed by atoms with Gasteiger partial charge in [0, 0.05) is 32.6 Å². The van der Waals surface area contributed by atoms with Crippen molar-refractivity contribution in [1.82, 2.24) is 9.21 Å². The Morgan fingerprint density at radius 2 is 1.80 bits per heavy atom. The molecule has 4 rings (SSSR count). The summed E-state index contributed by atoms with van der Waals surface area (Å²) >= 11 is 0. The molecule has 1 unspecified atom stereocenters. The van der Waals surface area contributed by atoms with Crippen LogP contribution in [0.25, 0.3) is 0 Å². The van der Waals surface area contributed by atoms with Crippen LogP contribution in [0.3, 0.4) is 0 Å². The number of amides is 1. The highest BCUT2D eigenvalue weighted by Gasteiger charge is 2.32. The quantitative estimate of drug-likeness (QED) is 0.751. The molecule has 6 nitrogen and oxygen atoms in total. The second-order valence-corrected chi connectivity index (χ2v) is 10.0. The average molecular weight is 429 g/mol. The summed E-state index contributed by atoms with van der Waals surface area (Å²) in [7, 11) is -3.55. The second-order valence-electron chi connectivity index (χ2n) is 8.13. The summed E-state index contributed by atoms with van der Waals surface area (Å²) in [5.41, 5.74) is 2.89. The third-order valence-corrected chi connectivity index (χ3v) is 8.10. The Morgan fingerprint density at radius 3 is 2.53 bits per heavy atom. The zero-order valence-electron chi connectivity index (χ0n) is 17.5. The summed E-state index contributed by atoms with van der Waals surface area (Å²) in [6, 6.07) is 13.3. The third-order valence-electron chi connectivity index (χ3n) is 6.04. The lowest BCUT2D eigenvalue weighted by Gasteiger charge is -2.35. The maximum absolute atomic E-state index is 13.1. The maximum atomic E-state index is 13.1. The molecule has 1 saturated heterocycles. The number of ether oxygens (including phenoxy) is 1. The number of rotatable bonds is 4. The summed E-state index contributed by atoms with van der Waals surface area (Å²) in [4.78, 5) is 15.1. The lowest BCUT2D eigenvalue weighted by molar-refractivity contribution is -0.132. The largest absolute Gasteiger partial charge is 0.493 e. The fourth-order valence-corrected chi connectivity index (χ4v) is 6.00. The van der Waals surface area contributed by atoms with Crippen LogP contribution in [0.4, 0.5) is 0 Å². The van der Waals surface area contributed by atoms with Crippen molar-refractivity contribution in [3.8, 4) is 5.75 Å².